The van der Waals surface area contributed by atoms with Crippen LogP contribution in [0.3, 0.4) is 0 Å². The van der Waals surface area contributed by atoms with E-state index in [1.807, 2.05) is 6.92 Å². The number of methoxy groups -OCH3 is 2. The number of benzene rings is 2. The van der Waals surface area contributed by atoms with Gasteiger partial charge in [-0.15, -0.1) is 0 Å². The van der Waals surface area contributed by atoms with Gasteiger partial charge in [-0.05, 0) is 30.7 Å². The summed E-state index contributed by atoms with van der Waals surface area (Å²) in [5.41, 5.74) is 0.384. The predicted octanol–water partition coefficient (Wildman–Crippen LogP) is 4.48. The second-order valence-electron chi connectivity index (χ2n) is 6.45. The Hall–Kier alpha value is -4.08. The second-order valence-corrected chi connectivity index (χ2v) is 6.45. The Balaban J connectivity index is 1.93. The van der Waals surface area contributed by atoms with Crippen LogP contribution >= 0.6 is 0 Å². The van der Waals surface area contributed by atoms with Gasteiger partial charge >= 0.3 is 6.03 Å². The van der Waals surface area contributed by atoms with Crippen molar-refractivity contribution in [2.45, 2.75) is 13.3 Å². The van der Waals surface area contributed by atoms with Gasteiger partial charge in [-0.25, -0.2) is 4.79 Å². The van der Waals surface area contributed by atoms with Crippen molar-refractivity contribution in [1.29, 1.82) is 0 Å². The number of amides is 2. The summed E-state index contributed by atoms with van der Waals surface area (Å²) < 4.78 is 16.5. The van der Waals surface area contributed by atoms with Crippen LogP contribution in [0.1, 0.15) is 13.3 Å². The number of anilines is 1. The minimum atomic E-state index is -0.582. The maximum atomic E-state index is 11.9. The molecule has 0 unspecified atom stereocenters. The number of fused-ring (bicyclic) bond motifs is 1. The second kappa shape index (κ2) is 9.61. The Morgan fingerprint density at radius 3 is 2.52 bits per heavy atom. The Kier molecular flexibility index (Phi) is 6.71. The SMILES string of the molecule is CCCNC(=O)Nc1ccc(Oc2ccnc3cc(OC)c(OC)cc23)cc1[N+](=O)[O-]. The van der Waals surface area contributed by atoms with Gasteiger partial charge in [0.25, 0.3) is 5.69 Å². The molecule has 0 bridgehead atoms. The zero-order chi connectivity index (χ0) is 22.4. The van der Waals surface area contributed by atoms with Gasteiger partial charge in [-0.1, -0.05) is 6.92 Å². The number of carbonyl (C=O) groups is 1. The van der Waals surface area contributed by atoms with E-state index in [2.05, 4.69) is 15.6 Å². The van der Waals surface area contributed by atoms with Gasteiger partial charge < -0.3 is 24.8 Å². The van der Waals surface area contributed by atoms with E-state index in [0.29, 0.717) is 34.7 Å². The number of hydrogen-bond acceptors (Lipinski definition) is 7. The Bertz CT molecular complexity index is 1120. The van der Waals surface area contributed by atoms with Crippen LogP contribution in [-0.4, -0.2) is 36.7 Å². The van der Waals surface area contributed by atoms with Gasteiger partial charge in [0.05, 0.1) is 30.7 Å². The third kappa shape index (κ3) is 4.92. The minimum Gasteiger partial charge on any atom is -0.493 e. The number of nitro benzene ring substituents is 1. The zero-order valence-electron chi connectivity index (χ0n) is 17.3. The molecule has 2 aromatic carbocycles. The largest absolute Gasteiger partial charge is 0.493 e. The minimum absolute atomic E-state index is 0.0666. The number of rotatable bonds is 8. The highest BCUT2D eigenvalue weighted by atomic mass is 16.6. The van der Waals surface area contributed by atoms with E-state index in [4.69, 9.17) is 14.2 Å². The molecule has 2 N–H and O–H groups in total. The molecule has 10 heteroatoms. The van der Waals surface area contributed by atoms with Crippen LogP contribution < -0.4 is 24.8 Å². The van der Waals surface area contributed by atoms with Gasteiger partial charge in [0.15, 0.2) is 11.5 Å². The summed E-state index contributed by atoms with van der Waals surface area (Å²) >= 11 is 0. The lowest BCUT2D eigenvalue weighted by molar-refractivity contribution is -0.384. The summed E-state index contributed by atoms with van der Waals surface area (Å²) in [5, 5.41) is 17.3. The van der Waals surface area contributed by atoms with E-state index < -0.39 is 11.0 Å². The highest BCUT2D eigenvalue weighted by Gasteiger charge is 2.18. The molecule has 3 aromatic rings. The third-order valence-corrected chi connectivity index (χ3v) is 4.38. The highest BCUT2D eigenvalue weighted by molar-refractivity contribution is 5.92. The van der Waals surface area contributed by atoms with Gasteiger partial charge in [0.2, 0.25) is 0 Å². The number of pyridine rings is 1. The monoisotopic (exact) mass is 426 g/mol. The number of carbonyl (C=O) groups excluding carboxylic acids is 1. The Morgan fingerprint density at radius 1 is 1.10 bits per heavy atom. The van der Waals surface area contributed by atoms with Crippen LogP contribution in [0, 0.1) is 10.1 Å². The zero-order valence-corrected chi connectivity index (χ0v) is 17.3. The molecule has 1 aromatic heterocycles. The molecule has 3 rings (SSSR count). The van der Waals surface area contributed by atoms with Crippen molar-refractivity contribution in [1.82, 2.24) is 10.3 Å². The summed E-state index contributed by atoms with van der Waals surface area (Å²) in [5.74, 6) is 1.68. The van der Waals surface area contributed by atoms with Crippen molar-refractivity contribution < 1.29 is 23.9 Å². The fourth-order valence-corrected chi connectivity index (χ4v) is 2.90. The molecule has 0 saturated carbocycles. The molecule has 0 atom stereocenters. The maximum absolute atomic E-state index is 11.9. The molecule has 0 radical (unpaired) electrons. The highest BCUT2D eigenvalue weighted by Crippen LogP contribution is 2.38. The number of hydrogen-bond donors (Lipinski definition) is 2. The molecule has 162 valence electrons. The number of nitro groups is 1. The molecule has 31 heavy (non-hydrogen) atoms. The van der Waals surface area contributed by atoms with Crippen molar-refractivity contribution in [2.24, 2.45) is 0 Å². The molecule has 1 heterocycles. The Labute approximate surface area is 178 Å². The molecule has 0 aliphatic heterocycles. The standard InChI is InChI=1S/C21H22N4O6/c1-4-8-23-21(26)24-15-6-5-13(10-17(15)25(27)28)31-18-7-9-22-16-12-20(30-3)19(29-2)11-14(16)18/h5-7,9-12H,4,8H2,1-3H3,(H2,23,24,26). The average molecular weight is 426 g/mol. The van der Waals surface area contributed by atoms with Crippen LogP contribution in [-0.2, 0) is 0 Å². The number of urea groups is 1. The van der Waals surface area contributed by atoms with Gasteiger partial charge in [-0.2, -0.15) is 0 Å². The third-order valence-electron chi connectivity index (χ3n) is 4.38. The van der Waals surface area contributed by atoms with E-state index in [1.54, 1.807) is 24.4 Å². The smallest absolute Gasteiger partial charge is 0.319 e. The average Bonchev–Trinajstić information content (AvgIpc) is 2.77. The van der Waals surface area contributed by atoms with Gasteiger partial charge in [-0.3, -0.25) is 15.1 Å². The lowest BCUT2D eigenvalue weighted by Crippen LogP contribution is -2.29. The molecule has 0 aliphatic carbocycles. The molecule has 10 nitrogen and oxygen atoms in total. The number of nitrogens with zero attached hydrogens (tertiary/aromatic N) is 2. The lowest BCUT2D eigenvalue weighted by atomic mass is 10.1. The quantitative estimate of drug-likeness (QED) is 0.402. The van der Waals surface area contributed by atoms with Crippen LogP contribution in [0.15, 0.2) is 42.6 Å². The molecular weight excluding hydrogens is 404 g/mol. The first kappa shape index (κ1) is 21.6. The molecule has 2 amide bonds. The first-order chi connectivity index (χ1) is 15.0. The lowest BCUT2D eigenvalue weighted by Gasteiger charge is -2.13. The molecule has 0 fully saturated rings. The summed E-state index contributed by atoms with van der Waals surface area (Å²) in [6.07, 6.45) is 2.31. The van der Waals surface area contributed by atoms with E-state index in [9.17, 15) is 14.9 Å². The van der Waals surface area contributed by atoms with Crippen LogP contribution in [0.25, 0.3) is 10.9 Å². The van der Waals surface area contributed by atoms with E-state index in [-0.39, 0.29) is 17.1 Å². The molecule has 0 aliphatic rings. The predicted molar refractivity (Wildman–Crippen MR) is 115 cm³/mol. The van der Waals surface area contributed by atoms with Gasteiger partial charge in [0, 0.05) is 24.2 Å². The van der Waals surface area contributed by atoms with Crippen molar-refractivity contribution in [3.63, 3.8) is 0 Å². The molecule has 0 spiro atoms. The Morgan fingerprint density at radius 2 is 1.84 bits per heavy atom. The summed E-state index contributed by atoms with van der Waals surface area (Å²) in [7, 11) is 3.05. The van der Waals surface area contributed by atoms with E-state index in [1.165, 1.54) is 32.4 Å². The van der Waals surface area contributed by atoms with Crippen molar-refractivity contribution in [3.05, 3.63) is 52.7 Å². The molecule has 0 saturated heterocycles. The van der Waals surface area contributed by atoms with Crippen LogP contribution in [0.2, 0.25) is 0 Å². The van der Waals surface area contributed by atoms with Crippen molar-refractivity contribution in [3.8, 4) is 23.0 Å². The van der Waals surface area contributed by atoms with Gasteiger partial charge in [0.1, 0.15) is 17.2 Å². The fourth-order valence-electron chi connectivity index (χ4n) is 2.90. The van der Waals surface area contributed by atoms with E-state index >= 15 is 0 Å². The summed E-state index contributed by atoms with van der Waals surface area (Å²) in [4.78, 5) is 27.1. The maximum Gasteiger partial charge on any atom is 0.319 e. The first-order valence-corrected chi connectivity index (χ1v) is 9.48. The summed E-state index contributed by atoms with van der Waals surface area (Å²) in [6.45, 7) is 2.37. The van der Waals surface area contributed by atoms with Crippen molar-refractivity contribution in [2.75, 3.05) is 26.1 Å². The number of nitrogens with one attached hydrogen (secondary N) is 2. The first-order valence-electron chi connectivity index (χ1n) is 9.48. The number of ether oxygens (including phenoxy) is 3. The van der Waals surface area contributed by atoms with Crippen molar-refractivity contribution >= 4 is 28.3 Å². The van der Waals surface area contributed by atoms with E-state index in [0.717, 1.165) is 6.42 Å². The number of aromatic nitrogens is 1. The molecular formula is C21H22N4O6. The topological polar surface area (TPSA) is 125 Å². The normalized spacial score (nSPS) is 10.4. The fraction of sp³-hybridized carbons (Fsp3) is 0.238. The van der Waals surface area contributed by atoms with Crippen LogP contribution in [0.5, 0.6) is 23.0 Å². The summed E-state index contributed by atoms with van der Waals surface area (Å²) in [6, 6.07) is 8.78. The van der Waals surface area contributed by atoms with Crippen LogP contribution in [0.4, 0.5) is 16.2 Å².